The van der Waals surface area contributed by atoms with Crippen LogP contribution in [0.4, 0.5) is 8.78 Å². The molecule has 9 heteroatoms. The van der Waals surface area contributed by atoms with Gasteiger partial charge in [-0.3, -0.25) is 9.59 Å². The van der Waals surface area contributed by atoms with Crippen LogP contribution in [0.2, 0.25) is 5.02 Å². The van der Waals surface area contributed by atoms with Gasteiger partial charge in [0.25, 0.3) is 17.6 Å². The molecule has 1 fully saturated rings. The summed E-state index contributed by atoms with van der Waals surface area (Å²) in [5.41, 5.74) is 0.983. The van der Waals surface area contributed by atoms with Crippen molar-refractivity contribution in [3.05, 3.63) is 88.3 Å². The molecule has 5 nitrogen and oxygen atoms in total. The lowest BCUT2D eigenvalue weighted by Gasteiger charge is -2.23. The number of carbonyl (C=O) groups excluding carboxylic acids is 3. The average molecular weight is 568 g/mol. The smallest absolute Gasteiger partial charge is 0.299 e. The fraction of sp³-hybridized carbons (Fsp3) is 0.233. The summed E-state index contributed by atoms with van der Waals surface area (Å²) < 4.78 is 37.2. The zero-order chi connectivity index (χ0) is 27.6. The monoisotopic (exact) mass is 567 g/mol. The third-order valence-electron chi connectivity index (χ3n) is 6.79. The zero-order valence-corrected chi connectivity index (χ0v) is 22.2. The van der Waals surface area contributed by atoms with E-state index in [1.54, 1.807) is 30.3 Å². The lowest BCUT2D eigenvalue weighted by Crippen LogP contribution is -2.49. The average Bonchev–Trinajstić information content (AvgIpc) is 3.61. The Morgan fingerprint density at radius 3 is 2.26 bits per heavy atom. The molecule has 0 spiro atoms. The first kappa shape index (κ1) is 27.0. The highest BCUT2D eigenvalue weighted by Gasteiger charge is 2.43. The van der Waals surface area contributed by atoms with Crippen molar-refractivity contribution >= 4 is 51.0 Å². The van der Waals surface area contributed by atoms with Gasteiger partial charge >= 0.3 is 0 Å². The molecule has 0 saturated heterocycles. The van der Waals surface area contributed by atoms with Crippen molar-refractivity contribution in [3.8, 4) is 16.9 Å². The van der Waals surface area contributed by atoms with Gasteiger partial charge in [0.15, 0.2) is 6.04 Å². The molecule has 5 rings (SSSR count). The minimum absolute atomic E-state index is 0.0597. The Morgan fingerprint density at radius 2 is 1.62 bits per heavy atom. The summed E-state index contributed by atoms with van der Waals surface area (Å²) in [7, 11) is 0. The number of halogens is 3. The molecule has 1 amide bonds. The van der Waals surface area contributed by atoms with E-state index in [0.717, 1.165) is 52.7 Å². The Hall–Kier alpha value is -3.62. The molecule has 0 radical (unpaired) electrons. The minimum Gasteiger partial charge on any atom is -0.490 e. The zero-order valence-electron chi connectivity index (χ0n) is 20.7. The summed E-state index contributed by atoms with van der Waals surface area (Å²) in [6.45, 7) is 0. The number of ketones is 1. The van der Waals surface area contributed by atoms with Gasteiger partial charge in [-0.25, -0.2) is 0 Å². The van der Waals surface area contributed by atoms with Gasteiger partial charge in [0.2, 0.25) is 0 Å². The van der Waals surface area contributed by atoms with Crippen LogP contribution < -0.4 is 10.1 Å². The van der Waals surface area contributed by atoms with Crippen LogP contribution in [0, 0.1) is 0 Å². The van der Waals surface area contributed by atoms with Crippen molar-refractivity contribution in [1.29, 1.82) is 0 Å². The van der Waals surface area contributed by atoms with E-state index in [9.17, 15) is 14.4 Å². The van der Waals surface area contributed by atoms with E-state index < -0.39 is 29.2 Å². The Balaban J connectivity index is 1.28. The van der Waals surface area contributed by atoms with E-state index in [4.69, 9.17) is 16.3 Å². The number of alkyl halides is 2. The second-order valence-corrected chi connectivity index (χ2v) is 11.0. The second-order valence-electron chi connectivity index (χ2n) is 9.46. The van der Waals surface area contributed by atoms with Crippen molar-refractivity contribution in [1.82, 2.24) is 5.32 Å². The van der Waals surface area contributed by atoms with E-state index in [-0.39, 0.29) is 17.3 Å². The molecule has 39 heavy (non-hydrogen) atoms. The summed E-state index contributed by atoms with van der Waals surface area (Å²) >= 11 is 6.97. The van der Waals surface area contributed by atoms with Gasteiger partial charge < -0.3 is 14.8 Å². The van der Waals surface area contributed by atoms with Crippen molar-refractivity contribution in [2.75, 3.05) is 0 Å². The van der Waals surface area contributed by atoms with Gasteiger partial charge in [-0.15, -0.1) is 11.3 Å². The van der Waals surface area contributed by atoms with E-state index in [1.807, 2.05) is 17.4 Å². The molecule has 4 aromatic rings. The maximum Gasteiger partial charge on any atom is 0.299 e. The van der Waals surface area contributed by atoms with E-state index >= 15 is 8.78 Å². The van der Waals surface area contributed by atoms with Crippen LogP contribution in [0.15, 0.2) is 72.8 Å². The molecule has 0 bridgehead atoms. The standard InChI is InChI=1S/C30H24ClF2NO4S/c31-22-12-7-19(8-13-22)18-5-10-21(11-6-18)30(32,33)27(17-35)34-29(37)28(36)26-15-20-9-14-24(16-25(20)39-26)38-23-3-1-2-4-23/h5-17,23,27H,1-4H2,(H,34,37). The van der Waals surface area contributed by atoms with Crippen LogP contribution in [0.5, 0.6) is 5.75 Å². The van der Waals surface area contributed by atoms with Gasteiger partial charge in [-0.1, -0.05) is 48.0 Å². The molecule has 1 aliphatic carbocycles. The number of nitrogens with one attached hydrogen (secondary N) is 1. The molecule has 1 atom stereocenters. The van der Waals surface area contributed by atoms with Crippen molar-refractivity contribution in [2.45, 2.75) is 43.8 Å². The van der Waals surface area contributed by atoms with Gasteiger partial charge in [0.1, 0.15) is 12.0 Å². The van der Waals surface area contributed by atoms with Gasteiger partial charge in [0.05, 0.1) is 11.0 Å². The number of carbonyl (C=O) groups is 3. The van der Waals surface area contributed by atoms with Crippen LogP contribution >= 0.6 is 22.9 Å². The van der Waals surface area contributed by atoms with Crippen LogP contribution in [0.1, 0.15) is 40.9 Å². The van der Waals surface area contributed by atoms with Gasteiger partial charge in [-0.2, -0.15) is 8.78 Å². The summed E-state index contributed by atoms with van der Waals surface area (Å²) in [5, 5.41) is 3.20. The van der Waals surface area contributed by atoms with Crippen molar-refractivity contribution in [2.24, 2.45) is 0 Å². The number of benzene rings is 3. The predicted molar refractivity (Wildman–Crippen MR) is 148 cm³/mol. The lowest BCUT2D eigenvalue weighted by atomic mass is 9.98. The molecule has 1 unspecified atom stereocenters. The number of ether oxygens (including phenoxy) is 1. The maximum absolute atomic E-state index is 15.2. The molecule has 1 heterocycles. The quantitative estimate of drug-likeness (QED) is 0.132. The van der Waals surface area contributed by atoms with Crippen molar-refractivity contribution in [3.63, 3.8) is 0 Å². The second kappa shape index (κ2) is 11.2. The highest BCUT2D eigenvalue weighted by Crippen LogP contribution is 2.34. The van der Waals surface area contributed by atoms with Crippen LogP contribution in [0.3, 0.4) is 0 Å². The molecular weight excluding hydrogens is 544 g/mol. The van der Waals surface area contributed by atoms with E-state index in [1.165, 1.54) is 30.3 Å². The van der Waals surface area contributed by atoms with Crippen LogP contribution in [-0.4, -0.2) is 30.1 Å². The Kier molecular flexibility index (Phi) is 7.77. The van der Waals surface area contributed by atoms with Crippen LogP contribution in [-0.2, 0) is 15.5 Å². The first-order valence-corrected chi connectivity index (χ1v) is 13.7. The Bertz CT molecular complexity index is 1510. The number of hydrogen-bond donors (Lipinski definition) is 1. The molecule has 1 saturated carbocycles. The first-order valence-electron chi connectivity index (χ1n) is 12.5. The number of Topliss-reactive ketones (excluding diaryl/α,β-unsaturated/α-hetero) is 1. The molecule has 3 aromatic carbocycles. The minimum atomic E-state index is -3.75. The Labute approximate surface area is 232 Å². The van der Waals surface area contributed by atoms with E-state index in [2.05, 4.69) is 0 Å². The normalized spacial score (nSPS) is 14.7. The summed E-state index contributed by atoms with van der Waals surface area (Å²) in [4.78, 5) is 37.2. The predicted octanol–water partition coefficient (Wildman–Crippen LogP) is 7.20. The van der Waals surface area contributed by atoms with Gasteiger partial charge in [0, 0.05) is 15.3 Å². The molecule has 0 aliphatic heterocycles. The highest BCUT2D eigenvalue weighted by molar-refractivity contribution is 7.21. The number of thiophene rings is 1. The third kappa shape index (κ3) is 5.87. The summed E-state index contributed by atoms with van der Waals surface area (Å²) in [6.07, 6.45) is 4.38. The topological polar surface area (TPSA) is 72.5 Å². The summed E-state index contributed by atoms with van der Waals surface area (Å²) in [5.74, 6) is -5.33. The fourth-order valence-corrected chi connectivity index (χ4v) is 5.79. The number of amides is 1. The van der Waals surface area contributed by atoms with Crippen molar-refractivity contribution < 1.29 is 27.9 Å². The number of hydrogen-bond acceptors (Lipinski definition) is 5. The van der Waals surface area contributed by atoms with Crippen LogP contribution in [0.25, 0.3) is 21.2 Å². The lowest BCUT2D eigenvalue weighted by molar-refractivity contribution is -0.129. The number of rotatable bonds is 9. The molecular formula is C30H24ClF2NO4S. The fourth-order valence-electron chi connectivity index (χ4n) is 4.63. The largest absolute Gasteiger partial charge is 0.490 e. The third-order valence-corrected chi connectivity index (χ3v) is 8.14. The van der Waals surface area contributed by atoms with E-state index in [0.29, 0.717) is 16.3 Å². The summed E-state index contributed by atoms with van der Waals surface area (Å²) in [6, 6.07) is 17.0. The first-order chi connectivity index (χ1) is 18.7. The Morgan fingerprint density at radius 1 is 0.974 bits per heavy atom. The number of fused-ring (bicyclic) bond motifs is 1. The van der Waals surface area contributed by atoms with Gasteiger partial charge in [-0.05, 0) is 78.6 Å². The molecule has 1 aliphatic rings. The number of aldehydes is 1. The molecule has 1 N–H and O–H groups in total. The maximum atomic E-state index is 15.2. The SMILES string of the molecule is O=CC(NC(=O)C(=O)c1cc2ccc(OC3CCCC3)cc2s1)C(F)(F)c1ccc(-c2ccc(Cl)cc2)cc1. The molecule has 200 valence electrons. The molecule has 1 aromatic heterocycles. The highest BCUT2D eigenvalue weighted by atomic mass is 35.5.